The molecular weight excluding hydrogens is 572 g/mol. The highest BCUT2D eigenvalue weighted by Gasteiger charge is 2.71. The van der Waals surface area contributed by atoms with E-state index in [1.54, 1.807) is 52.0 Å². The minimum absolute atomic E-state index is 0.0923. The monoisotopic (exact) mass is 618 g/mol. The van der Waals surface area contributed by atoms with E-state index >= 15 is 0 Å². The molecule has 3 rings (SSSR count). The van der Waals surface area contributed by atoms with E-state index in [4.69, 9.17) is 14.2 Å². The second-order valence-corrected chi connectivity index (χ2v) is 13.2. The fraction of sp³-hybridized carbons (Fsp3) is 0.636. The number of ether oxygens (including phenoxy) is 3. The van der Waals surface area contributed by atoms with Gasteiger partial charge in [-0.25, -0.2) is 4.79 Å². The molecule has 0 amide bonds. The minimum Gasteiger partial charge on any atom is -0.459 e. The predicted molar refractivity (Wildman–Crippen MR) is 158 cm³/mol. The van der Waals surface area contributed by atoms with E-state index in [9.17, 15) is 39.6 Å². The molecule has 0 bridgehead atoms. The van der Waals surface area contributed by atoms with Crippen LogP contribution in [0.25, 0.3) is 0 Å². The van der Waals surface area contributed by atoms with Crippen LogP contribution in [0.2, 0.25) is 0 Å². The van der Waals surface area contributed by atoms with E-state index in [1.165, 1.54) is 26.0 Å². The van der Waals surface area contributed by atoms with Gasteiger partial charge in [0.25, 0.3) is 0 Å². The van der Waals surface area contributed by atoms with Gasteiger partial charge in [0.2, 0.25) is 0 Å². The Kier molecular flexibility index (Phi) is 10.2. The van der Waals surface area contributed by atoms with Gasteiger partial charge in [0, 0.05) is 37.0 Å². The number of hydrogen-bond acceptors (Lipinski definition) is 11. The largest absolute Gasteiger partial charge is 0.459 e. The first-order valence-corrected chi connectivity index (χ1v) is 14.8. The quantitative estimate of drug-likeness (QED) is 0.182. The van der Waals surface area contributed by atoms with Gasteiger partial charge in [-0.2, -0.15) is 0 Å². The topological polar surface area (TPSA) is 177 Å². The normalized spacial score (nSPS) is 34.6. The van der Waals surface area contributed by atoms with E-state index < -0.39 is 88.6 Å². The third kappa shape index (κ3) is 6.20. The summed E-state index contributed by atoms with van der Waals surface area (Å²) in [5, 5.41) is 47.0. The van der Waals surface area contributed by atoms with E-state index in [0.717, 1.165) is 13.8 Å². The first-order chi connectivity index (χ1) is 20.3. The van der Waals surface area contributed by atoms with Gasteiger partial charge in [0.05, 0.1) is 18.3 Å². The number of aliphatic hydroxyl groups excluding tert-OH is 2. The van der Waals surface area contributed by atoms with Gasteiger partial charge in [-0.3, -0.25) is 14.4 Å². The molecule has 1 aromatic rings. The molecule has 0 heterocycles. The maximum Gasteiger partial charge on any atom is 0.338 e. The molecule has 0 aromatic heterocycles. The van der Waals surface area contributed by atoms with Crippen LogP contribution in [0.5, 0.6) is 0 Å². The Morgan fingerprint density at radius 1 is 1.00 bits per heavy atom. The second kappa shape index (κ2) is 12.7. The van der Waals surface area contributed by atoms with Gasteiger partial charge in [0.15, 0.2) is 11.9 Å². The molecule has 4 N–H and O–H groups in total. The SMILES string of the molecule is CC(=O)OC(C)C(=O)C1(C)C(C)CC(OC(C)=O)C(O)(CO)C1C(OC(=O)c1ccccc1)C1(O)CC(O)C(C)=CC1(C)C. The Morgan fingerprint density at radius 3 is 2.11 bits per heavy atom. The summed E-state index contributed by atoms with van der Waals surface area (Å²) in [5.74, 6) is -5.43. The lowest BCUT2D eigenvalue weighted by atomic mass is 9.47. The number of esters is 3. The summed E-state index contributed by atoms with van der Waals surface area (Å²) in [6.07, 6.45) is -4.48. The Hall–Kier alpha value is -3.12. The molecule has 44 heavy (non-hydrogen) atoms. The average Bonchev–Trinajstić information content (AvgIpc) is 2.93. The van der Waals surface area contributed by atoms with Crippen LogP contribution >= 0.6 is 0 Å². The first-order valence-electron chi connectivity index (χ1n) is 14.8. The summed E-state index contributed by atoms with van der Waals surface area (Å²) in [6, 6.07) is 7.89. The maximum absolute atomic E-state index is 14.4. The number of aliphatic hydroxyl groups is 4. The van der Waals surface area contributed by atoms with Crippen molar-refractivity contribution >= 4 is 23.7 Å². The van der Waals surface area contributed by atoms with Crippen LogP contribution in [0, 0.1) is 22.7 Å². The summed E-state index contributed by atoms with van der Waals surface area (Å²) in [4.78, 5) is 52.2. The minimum atomic E-state index is -2.45. The Morgan fingerprint density at radius 2 is 1.59 bits per heavy atom. The molecular formula is C33H46O11. The third-order valence-corrected chi connectivity index (χ3v) is 9.89. The molecule has 0 spiro atoms. The number of hydrogen-bond donors (Lipinski definition) is 4. The fourth-order valence-electron chi connectivity index (χ4n) is 7.25. The number of rotatable bonds is 9. The standard InChI is InChI=1S/C33H46O11/c1-18-15-30(6,7)33(41,16-24(18)37)28(44-29(39)23-12-10-9-11-13-23)26-31(8,27(38)20(3)42-21(4)35)19(2)14-25(43-22(5)36)32(26,40)17-34/h9-13,15,19-20,24-26,28,34,37,40-41H,14,16-17H2,1-8H3. The van der Waals surface area contributed by atoms with Crippen LogP contribution in [0.3, 0.4) is 0 Å². The highest BCUT2D eigenvalue weighted by molar-refractivity contribution is 5.92. The van der Waals surface area contributed by atoms with Crippen LogP contribution in [-0.4, -0.2) is 86.3 Å². The molecule has 11 heteroatoms. The van der Waals surface area contributed by atoms with Gasteiger partial charge >= 0.3 is 17.9 Å². The molecule has 0 saturated heterocycles. The summed E-state index contributed by atoms with van der Waals surface area (Å²) in [5.41, 5.74) is -6.91. The van der Waals surface area contributed by atoms with E-state index in [2.05, 4.69) is 0 Å². The molecule has 2 aliphatic carbocycles. The van der Waals surface area contributed by atoms with Gasteiger partial charge in [-0.05, 0) is 43.9 Å². The lowest BCUT2D eigenvalue weighted by Gasteiger charge is -2.61. The van der Waals surface area contributed by atoms with Crippen molar-refractivity contribution in [3.63, 3.8) is 0 Å². The summed E-state index contributed by atoms with van der Waals surface area (Å²) >= 11 is 0. The summed E-state index contributed by atoms with van der Waals surface area (Å²) in [7, 11) is 0. The van der Waals surface area contributed by atoms with Crippen molar-refractivity contribution in [3.8, 4) is 0 Å². The van der Waals surface area contributed by atoms with Crippen LogP contribution in [0.4, 0.5) is 0 Å². The zero-order chi connectivity index (χ0) is 33.4. The van der Waals surface area contributed by atoms with Crippen molar-refractivity contribution in [1.82, 2.24) is 0 Å². The molecule has 11 nitrogen and oxygen atoms in total. The molecule has 244 valence electrons. The molecule has 2 aliphatic rings. The van der Waals surface area contributed by atoms with Gasteiger partial charge in [-0.15, -0.1) is 0 Å². The molecule has 1 fully saturated rings. The van der Waals surface area contributed by atoms with Gasteiger partial charge in [-0.1, -0.05) is 52.0 Å². The number of benzene rings is 1. The average molecular weight is 619 g/mol. The van der Waals surface area contributed by atoms with Crippen LogP contribution < -0.4 is 0 Å². The predicted octanol–water partition coefficient (Wildman–Crippen LogP) is 2.52. The van der Waals surface area contributed by atoms with Crippen molar-refractivity contribution in [2.24, 2.45) is 22.7 Å². The summed E-state index contributed by atoms with van der Waals surface area (Å²) in [6.45, 7) is 10.8. The lowest BCUT2D eigenvalue weighted by molar-refractivity contribution is -0.274. The van der Waals surface area contributed by atoms with Crippen molar-refractivity contribution in [2.45, 2.75) is 104 Å². The smallest absolute Gasteiger partial charge is 0.338 e. The highest BCUT2D eigenvalue weighted by Crippen LogP contribution is 2.59. The third-order valence-electron chi connectivity index (χ3n) is 9.89. The van der Waals surface area contributed by atoms with Crippen LogP contribution in [0.15, 0.2) is 42.0 Å². The van der Waals surface area contributed by atoms with Crippen LogP contribution in [0.1, 0.15) is 78.6 Å². The first kappa shape index (κ1) is 35.4. The molecule has 9 atom stereocenters. The zero-order valence-corrected chi connectivity index (χ0v) is 26.7. The molecule has 0 radical (unpaired) electrons. The Bertz CT molecular complexity index is 1290. The molecule has 9 unspecified atom stereocenters. The molecule has 1 aromatic carbocycles. The second-order valence-electron chi connectivity index (χ2n) is 13.2. The van der Waals surface area contributed by atoms with E-state index in [-0.39, 0.29) is 18.4 Å². The highest BCUT2D eigenvalue weighted by atomic mass is 16.6. The fourth-order valence-corrected chi connectivity index (χ4v) is 7.25. The van der Waals surface area contributed by atoms with Crippen LogP contribution in [-0.2, 0) is 28.6 Å². The lowest BCUT2D eigenvalue weighted by Crippen LogP contribution is -2.74. The molecule has 1 saturated carbocycles. The number of ketones is 1. The van der Waals surface area contributed by atoms with Crippen molar-refractivity contribution in [2.75, 3.05) is 6.61 Å². The molecule has 0 aliphatic heterocycles. The zero-order valence-electron chi connectivity index (χ0n) is 26.7. The van der Waals surface area contributed by atoms with Gasteiger partial charge < -0.3 is 34.6 Å². The van der Waals surface area contributed by atoms with Gasteiger partial charge in [0.1, 0.15) is 23.4 Å². The van der Waals surface area contributed by atoms with E-state index in [0.29, 0.717) is 5.57 Å². The van der Waals surface area contributed by atoms with Crippen molar-refractivity contribution in [3.05, 3.63) is 47.5 Å². The Labute approximate surface area is 258 Å². The van der Waals surface area contributed by atoms with Crippen molar-refractivity contribution < 1.29 is 53.8 Å². The van der Waals surface area contributed by atoms with E-state index in [1.807, 2.05) is 0 Å². The summed E-state index contributed by atoms with van der Waals surface area (Å²) < 4.78 is 16.9. The number of Topliss-reactive ketones (excluding diaryl/α,β-unsaturated/α-hetero) is 1. The number of carbonyl (C=O) groups excluding carboxylic acids is 4. The number of carbonyl (C=O) groups is 4. The van der Waals surface area contributed by atoms with Crippen molar-refractivity contribution in [1.29, 1.82) is 0 Å². The Balaban J connectivity index is 2.40. The maximum atomic E-state index is 14.4.